The normalized spacial score (nSPS) is 14.2. The van der Waals surface area contributed by atoms with E-state index >= 15 is 0 Å². The first-order chi connectivity index (χ1) is 19.2. The van der Waals surface area contributed by atoms with Crippen molar-refractivity contribution < 1.29 is 9.15 Å². The number of hydrogen-bond donors (Lipinski definition) is 0. The zero-order chi connectivity index (χ0) is 26.8. The van der Waals surface area contributed by atoms with E-state index in [9.17, 15) is 0 Å². The van der Waals surface area contributed by atoms with Gasteiger partial charge < -0.3 is 14.1 Å². The number of nitrogens with zero attached hydrogens (tertiary/aromatic N) is 1. The minimum atomic E-state index is 0.821. The lowest BCUT2D eigenvalue weighted by molar-refractivity contribution is 0.439. The Morgan fingerprint density at radius 1 is 0.744 bits per heavy atom. The molecule has 0 fully saturated rings. The van der Waals surface area contributed by atoms with Gasteiger partial charge in [0.25, 0.3) is 0 Å². The number of allylic oxidation sites excluding steroid dienone is 2. The van der Waals surface area contributed by atoms with E-state index in [1.165, 1.54) is 33.2 Å². The molecule has 1 aromatic heterocycles. The van der Waals surface area contributed by atoms with Crippen molar-refractivity contribution in [1.82, 2.24) is 0 Å². The first-order valence-electron chi connectivity index (χ1n) is 13.9. The molecule has 0 spiro atoms. The van der Waals surface area contributed by atoms with Gasteiger partial charge in [-0.15, -0.1) is 0 Å². The van der Waals surface area contributed by atoms with Gasteiger partial charge >= 0.3 is 0 Å². The summed E-state index contributed by atoms with van der Waals surface area (Å²) < 4.78 is 12.8. The van der Waals surface area contributed by atoms with Crippen LogP contribution in [-0.4, -0.2) is 6.54 Å². The number of ether oxygens (including phenoxy) is 1. The van der Waals surface area contributed by atoms with Crippen molar-refractivity contribution in [3.63, 3.8) is 0 Å². The number of furan rings is 1. The number of aryl methyl sites for hydroxylation is 1. The second-order valence-electron chi connectivity index (χ2n) is 9.83. The van der Waals surface area contributed by atoms with Gasteiger partial charge in [0, 0.05) is 23.6 Å². The Morgan fingerprint density at radius 3 is 2.05 bits per heavy atom. The lowest BCUT2D eigenvalue weighted by Gasteiger charge is -2.16. The van der Waals surface area contributed by atoms with Crippen LogP contribution in [0.25, 0.3) is 39.3 Å². The highest BCUT2D eigenvalue weighted by molar-refractivity contribution is 5.89. The highest BCUT2D eigenvalue weighted by Crippen LogP contribution is 2.42. The smallest absolute Gasteiger partial charge is 0.200 e. The summed E-state index contributed by atoms with van der Waals surface area (Å²) in [6.45, 7) is 7.36. The molecule has 0 saturated carbocycles. The fourth-order valence-corrected chi connectivity index (χ4v) is 5.38. The van der Waals surface area contributed by atoms with Crippen LogP contribution >= 0.6 is 0 Å². The summed E-state index contributed by atoms with van der Waals surface area (Å²) in [6.07, 6.45) is 6.11. The van der Waals surface area contributed by atoms with Crippen LogP contribution in [0.1, 0.15) is 38.5 Å². The van der Waals surface area contributed by atoms with Gasteiger partial charge in [-0.25, -0.2) is 0 Å². The molecule has 39 heavy (non-hydrogen) atoms. The molecule has 3 nitrogen and oxygen atoms in total. The van der Waals surface area contributed by atoms with Crippen LogP contribution in [0.3, 0.4) is 0 Å². The van der Waals surface area contributed by atoms with Crippen molar-refractivity contribution >= 4 is 22.7 Å². The molecule has 4 aromatic carbocycles. The van der Waals surface area contributed by atoms with Gasteiger partial charge in [-0.3, -0.25) is 0 Å². The Balaban J connectivity index is 1.35. The maximum atomic E-state index is 6.40. The summed E-state index contributed by atoms with van der Waals surface area (Å²) in [7, 11) is 0. The molecule has 0 unspecified atom stereocenters. The van der Waals surface area contributed by atoms with Crippen LogP contribution in [-0.2, 0) is 6.42 Å². The molecule has 6 rings (SSSR count). The lowest BCUT2D eigenvalue weighted by Crippen LogP contribution is -2.19. The standard InChI is InChI=1S/C36H33NO2/c1-4-25(21-35-30(5-2)31-23-28(17-19-33(31)38-35)26-13-9-7-10-14-26)22-36-37(6-3)32-24-29(18-20-34(32)39-36)27-15-11-8-12-16-27/h7-24H,4-6H2,1-3H3/b25-21+,36-22?. The van der Waals surface area contributed by atoms with Crippen molar-refractivity contribution in [2.75, 3.05) is 11.4 Å². The maximum absolute atomic E-state index is 6.40. The number of hydrogen-bond acceptors (Lipinski definition) is 3. The van der Waals surface area contributed by atoms with Crippen LogP contribution in [0.15, 0.2) is 119 Å². The second-order valence-corrected chi connectivity index (χ2v) is 9.83. The minimum absolute atomic E-state index is 0.821. The summed E-state index contributed by atoms with van der Waals surface area (Å²) in [5.74, 6) is 2.67. The van der Waals surface area contributed by atoms with E-state index in [1.54, 1.807) is 0 Å². The van der Waals surface area contributed by atoms with Crippen LogP contribution in [0.5, 0.6) is 5.75 Å². The molecule has 3 heteroatoms. The molecule has 0 bridgehead atoms. The Hall–Kier alpha value is -4.50. The fourth-order valence-electron chi connectivity index (χ4n) is 5.38. The molecule has 0 aliphatic carbocycles. The molecule has 0 amide bonds. The molecule has 194 valence electrons. The monoisotopic (exact) mass is 511 g/mol. The first-order valence-corrected chi connectivity index (χ1v) is 13.9. The van der Waals surface area contributed by atoms with Gasteiger partial charge in [0.2, 0.25) is 5.88 Å². The van der Waals surface area contributed by atoms with Gasteiger partial charge in [0.05, 0.1) is 5.69 Å². The van der Waals surface area contributed by atoms with E-state index in [1.807, 2.05) is 6.07 Å². The van der Waals surface area contributed by atoms with Gasteiger partial charge in [-0.05, 0) is 77.9 Å². The average Bonchev–Trinajstić information content (AvgIpc) is 3.53. The zero-order valence-corrected chi connectivity index (χ0v) is 22.8. The van der Waals surface area contributed by atoms with Crippen LogP contribution in [0.4, 0.5) is 5.69 Å². The topological polar surface area (TPSA) is 25.6 Å². The molecule has 1 aliphatic heterocycles. The lowest BCUT2D eigenvalue weighted by atomic mass is 10.0. The number of fused-ring (bicyclic) bond motifs is 2. The zero-order valence-electron chi connectivity index (χ0n) is 22.8. The largest absolute Gasteiger partial charge is 0.456 e. The molecule has 0 N–H and O–H groups in total. The maximum Gasteiger partial charge on any atom is 0.200 e. The number of benzene rings is 4. The van der Waals surface area contributed by atoms with Crippen molar-refractivity contribution in [3.05, 3.63) is 126 Å². The van der Waals surface area contributed by atoms with E-state index in [0.29, 0.717) is 0 Å². The molecule has 0 radical (unpaired) electrons. The molecule has 0 saturated heterocycles. The van der Waals surface area contributed by atoms with Crippen molar-refractivity contribution in [2.24, 2.45) is 0 Å². The predicted octanol–water partition coefficient (Wildman–Crippen LogP) is 9.88. The summed E-state index contributed by atoms with van der Waals surface area (Å²) in [5, 5.41) is 1.18. The third kappa shape index (κ3) is 4.77. The predicted molar refractivity (Wildman–Crippen MR) is 163 cm³/mol. The summed E-state index contributed by atoms with van der Waals surface area (Å²) in [5.41, 5.74) is 9.24. The first kappa shape index (κ1) is 24.8. The van der Waals surface area contributed by atoms with Crippen LogP contribution in [0, 0.1) is 0 Å². The van der Waals surface area contributed by atoms with E-state index in [0.717, 1.165) is 53.6 Å². The molecule has 5 aromatic rings. The average molecular weight is 512 g/mol. The van der Waals surface area contributed by atoms with Crippen molar-refractivity contribution in [2.45, 2.75) is 33.6 Å². The Morgan fingerprint density at radius 2 is 1.41 bits per heavy atom. The highest BCUT2D eigenvalue weighted by atomic mass is 16.5. The highest BCUT2D eigenvalue weighted by Gasteiger charge is 2.26. The van der Waals surface area contributed by atoms with E-state index in [4.69, 9.17) is 9.15 Å². The molecular formula is C36H33NO2. The Labute approximate surface area is 230 Å². The second kappa shape index (κ2) is 10.7. The summed E-state index contributed by atoms with van der Waals surface area (Å²) in [4.78, 5) is 2.25. The SMILES string of the molecule is CC/C(C=C1Oc2ccc(-c3ccccc3)cc2N1CC)=C\c1oc2ccc(-c3ccccc3)cc2c1CC. The fraction of sp³-hybridized carbons (Fsp3) is 0.167. The third-order valence-corrected chi connectivity index (χ3v) is 7.47. The Bertz CT molecular complexity index is 1680. The number of anilines is 1. The van der Waals surface area contributed by atoms with Gasteiger partial charge in [-0.1, -0.05) is 86.6 Å². The van der Waals surface area contributed by atoms with Crippen LogP contribution in [0.2, 0.25) is 0 Å². The molecule has 1 aliphatic rings. The Kier molecular flexibility index (Phi) is 6.81. The third-order valence-electron chi connectivity index (χ3n) is 7.47. The summed E-state index contributed by atoms with van der Waals surface area (Å²) >= 11 is 0. The number of rotatable bonds is 7. The molecule has 2 heterocycles. The molecular weight excluding hydrogens is 478 g/mol. The van der Waals surface area contributed by atoms with E-state index in [2.05, 4.69) is 129 Å². The van der Waals surface area contributed by atoms with Gasteiger partial charge in [-0.2, -0.15) is 0 Å². The van der Waals surface area contributed by atoms with Crippen molar-refractivity contribution in [1.29, 1.82) is 0 Å². The minimum Gasteiger partial charge on any atom is -0.456 e. The van der Waals surface area contributed by atoms with Gasteiger partial charge in [0.15, 0.2) is 5.75 Å². The van der Waals surface area contributed by atoms with Gasteiger partial charge in [0.1, 0.15) is 11.3 Å². The molecule has 0 atom stereocenters. The van der Waals surface area contributed by atoms with Crippen molar-refractivity contribution in [3.8, 4) is 28.0 Å². The summed E-state index contributed by atoms with van der Waals surface area (Å²) in [6, 6.07) is 33.9. The van der Waals surface area contributed by atoms with E-state index in [-0.39, 0.29) is 0 Å². The van der Waals surface area contributed by atoms with E-state index < -0.39 is 0 Å². The quantitative estimate of drug-likeness (QED) is 0.217. The van der Waals surface area contributed by atoms with Crippen LogP contribution < -0.4 is 9.64 Å².